The van der Waals surface area contributed by atoms with Crippen molar-refractivity contribution in [2.24, 2.45) is 0 Å². The maximum atomic E-state index is 10.5. The van der Waals surface area contributed by atoms with Gasteiger partial charge in [-0.2, -0.15) is 5.10 Å². The topological polar surface area (TPSA) is 69.0 Å². The molecule has 3 aromatic rings. The number of rotatable bonds is 13. The molecule has 0 radical (unpaired) electrons. The molecule has 1 atom stereocenters. The fourth-order valence-electron chi connectivity index (χ4n) is 3.57. The van der Waals surface area contributed by atoms with Crippen molar-refractivity contribution < 1.29 is 19.3 Å². The zero-order valence-corrected chi connectivity index (χ0v) is 20.0. The van der Waals surface area contributed by atoms with Crippen molar-refractivity contribution in [1.29, 1.82) is 0 Å². The van der Waals surface area contributed by atoms with Crippen LogP contribution in [0.15, 0.2) is 54.6 Å². The number of methoxy groups -OCH3 is 1. The van der Waals surface area contributed by atoms with E-state index in [4.69, 9.17) is 19.3 Å². The van der Waals surface area contributed by atoms with Crippen LogP contribution in [-0.4, -0.2) is 65.9 Å². The van der Waals surface area contributed by atoms with Gasteiger partial charge in [-0.3, -0.25) is 4.90 Å². The van der Waals surface area contributed by atoms with Gasteiger partial charge < -0.3 is 19.3 Å². The number of aliphatic hydroxyl groups is 1. The number of hydrogen-bond acceptors (Lipinski definition) is 6. The van der Waals surface area contributed by atoms with Gasteiger partial charge in [0.25, 0.3) is 0 Å². The summed E-state index contributed by atoms with van der Waals surface area (Å²) in [5.74, 6) is 1.42. The van der Waals surface area contributed by atoms with E-state index in [-0.39, 0.29) is 0 Å². The van der Waals surface area contributed by atoms with Crippen LogP contribution in [0.1, 0.15) is 23.7 Å². The van der Waals surface area contributed by atoms with Crippen molar-refractivity contribution in [3.05, 3.63) is 71.4 Å². The number of aromatic nitrogens is 2. The first kappa shape index (κ1) is 24.9. The van der Waals surface area contributed by atoms with Crippen molar-refractivity contribution in [3.63, 3.8) is 0 Å². The summed E-state index contributed by atoms with van der Waals surface area (Å²) in [5, 5.41) is 15.3. The van der Waals surface area contributed by atoms with E-state index in [1.165, 1.54) is 5.56 Å². The first-order valence-electron chi connectivity index (χ1n) is 11.4. The van der Waals surface area contributed by atoms with Crippen LogP contribution in [0.2, 0.25) is 0 Å². The molecule has 0 aliphatic carbocycles. The highest BCUT2D eigenvalue weighted by Crippen LogP contribution is 2.31. The molecule has 2 aromatic carbocycles. The summed E-state index contributed by atoms with van der Waals surface area (Å²) in [7, 11) is 1.68. The highest BCUT2D eigenvalue weighted by atomic mass is 16.5. The predicted molar refractivity (Wildman–Crippen MR) is 129 cm³/mol. The third-order valence-electron chi connectivity index (χ3n) is 5.35. The normalized spacial score (nSPS) is 12.3. The molecule has 0 saturated heterocycles. The zero-order valence-electron chi connectivity index (χ0n) is 20.0. The molecular weight excluding hydrogens is 418 g/mol. The Bertz CT molecular complexity index is 973. The number of ether oxygens (including phenoxy) is 3. The Balaban J connectivity index is 1.94. The Morgan fingerprint density at radius 1 is 1.06 bits per heavy atom. The molecule has 7 nitrogen and oxygen atoms in total. The minimum atomic E-state index is -0.590. The van der Waals surface area contributed by atoms with Crippen molar-refractivity contribution in [1.82, 2.24) is 14.7 Å². The van der Waals surface area contributed by atoms with Crippen LogP contribution in [0.3, 0.4) is 0 Å². The third-order valence-corrected chi connectivity index (χ3v) is 5.35. The molecule has 0 aliphatic rings. The summed E-state index contributed by atoms with van der Waals surface area (Å²) in [6, 6.07) is 17.9. The van der Waals surface area contributed by atoms with Gasteiger partial charge in [0, 0.05) is 33.4 Å². The average Bonchev–Trinajstić information content (AvgIpc) is 3.13. The van der Waals surface area contributed by atoms with E-state index in [0.29, 0.717) is 45.3 Å². The highest BCUT2D eigenvalue weighted by Gasteiger charge is 2.22. The molecule has 0 saturated carbocycles. The van der Waals surface area contributed by atoms with E-state index < -0.39 is 6.10 Å². The van der Waals surface area contributed by atoms with Crippen LogP contribution >= 0.6 is 0 Å². The van der Waals surface area contributed by atoms with Crippen molar-refractivity contribution in [2.75, 3.05) is 40.0 Å². The van der Waals surface area contributed by atoms with Gasteiger partial charge in [0.1, 0.15) is 5.75 Å². The Hall–Kier alpha value is -2.71. The molecular formula is C26H35N3O4. The SMILES string of the molecule is CCOC[C@H](O)CN(CCOC)Cc1c(C)nn(-c2ccccc2)c1Oc1ccc(C)cc1. The second-order valence-electron chi connectivity index (χ2n) is 8.07. The first-order valence-corrected chi connectivity index (χ1v) is 11.4. The lowest BCUT2D eigenvalue weighted by Crippen LogP contribution is -2.36. The third kappa shape index (κ3) is 7.14. The van der Waals surface area contributed by atoms with Gasteiger partial charge in [0.2, 0.25) is 5.88 Å². The lowest BCUT2D eigenvalue weighted by Gasteiger charge is -2.25. The fraction of sp³-hybridized carbons (Fsp3) is 0.423. The number of aryl methyl sites for hydroxylation is 2. The summed E-state index contributed by atoms with van der Waals surface area (Å²) in [6.07, 6.45) is -0.590. The number of aliphatic hydroxyl groups excluding tert-OH is 1. The van der Waals surface area contributed by atoms with Crippen LogP contribution in [0, 0.1) is 13.8 Å². The minimum absolute atomic E-state index is 0.301. The Kier molecular flexibility index (Phi) is 9.45. The number of para-hydroxylation sites is 1. The van der Waals surface area contributed by atoms with E-state index in [9.17, 15) is 5.11 Å². The smallest absolute Gasteiger partial charge is 0.227 e. The maximum absolute atomic E-state index is 10.5. The van der Waals surface area contributed by atoms with Crippen molar-refractivity contribution in [3.8, 4) is 17.3 Å². The van der Waals surface area contributed by atoms with Crippen molar-refractivity contribution >= 4 is 0 Å². The van der Waals surface area contributed by atoms with Gasteiger partial charge >= 0.3 is 0 Å². The van der Waals surface area contributed by atoms with Crippen LogP contribution in [0.5, 0.6) is 11.6 Å². The van der Waals surface area contributed by atoms with E-state index >= 15 is 0 Å². The molecule has 0 bridgehead atoms. The summed E-state index contributed by atoms with van der Waals surface area (Å²) in [5.41, 5.74) is 3.94. The fourth-order valence-corrected chi connectivity index (χ4v) is 3.57. The van der Waals surface area contributed by atoms with Crippen LogP contribution < -0.4 is 4.74 Å². The number of benzene rings is 2. The molecule has 1 heterocycles. The molecule has 0 spiro atoms. The number of nitrogens with zero attached hydrogens (tertiary/aromatic N) is 3. The molecule has 0 aliphatic heterocycles. The zero-order chi connectivity index (χ0) is 23.6. The monoisotopic (exact) mass is 453 g/mol. The van der Waals surface area contributed by atoms with E-state index in [2.05, 4.69) is 11.8 Å². The Morgan fingerprint density at radius 2 is 1.79 bits per heavy atom. The van der Waals surface area contributed by atoms with Crippen molar-refractivity contribution in [2.45, 2.75) is 33.4 Å². The Labute approximate surface area is 196 Å². The quantitative estimate of drug-likeness (QED) is 0.420. The lowest BCUT2D eigenvalue weighted by atomic mass is 10.2. The minimum Gasteiger partial charge on any atom is -0.439 e. The predicted octanol–water partition coefficient (Wildman–Crippen LogP) is 4.13. The molecule has 3 rings (SSSR count). The van der Waals surface area contributed by atoms with Crippen LogP contribution in [0.4, 0.5) is 0 Å². The molecule has 0 unspecified atom stereocenters. The molecule has 33 heavy (non-hydrogen) atoms. The summed E-state index contributed by atoms with van der Waals surface area (Å²) >= 11 is 0. The molecule has 0 amide bonds. The van der Waals surface area contributed by atoms with Gasteiger partial charge in [-0.05, 0) is 45.0 Å². The summed E-state index contributed by atoms with van der Waals surface area (Å²) in [6.45, 7) is 9.08. The second kappa shape index (κ2) is 12.5. The molecule has 7 heteroatoms. The van der Waals surface area contributed by atoms with E-state index in [0.717, 1.165) is 22.7 Å². The molecule has 1 aromatic heterocycles. The maximum Gasteiger partial charge on any atom is 0.227 e. The molecule has 0 fully saturated rings. The summed E-state index contributed by atoms with van der Waals surface area (Å²) < 4.78 is 19.0. The average molecular weight is 454 g/mol. The van der Waals surface area contributed by atoms with Crippen LogP contribution in [0.25, 0.3) is 5.69 Å². The van der Waals surface area contributed by atoms with Gasteiger partial charge in [-0.15, -0.1) is 0 Å². The van der Waals surface area contributed by atoms with Crippen LogP contribution in [-0.2, 0) is 16.0 Å². The number of hydrogen-bond donors (Lipinski definition) is 1. The molecule has 1 N–H and O–H groups in total. The van der Waals surface area contributed by atoms with E-state index in [1.54, 1.807) is 7.11 Å². The lowest BCUT2D eigenvalue weighted by molar-refractivity contribution is 0.0147. The van der Waals surface area contributed by atoms with Gasteiger partial charge in [-0.25, -0.2) is 4.68 Å². The summed E-state index contributed by atoms with van der Waals surface area (Å²) in [4.78, 5) is 2.15. The first-order chi connectivity index (χ1) is 16.0. The Morgan fingerprint density at radius 3 is 2.45 bits per heavy atom. The van der Waals surface area contributed by atoms with E-state index in [1.807, 2.05) is 73.1 Å². The van der Waals surface area contributed by atoms with Gasteiger partial charge in [0.05, 0.1) is 36.3 Å². The molecule has 178 valence electrons. The van der Waals surface area contributed by atoms with Gasteiger partial charge in [-0.1, -0.05) is 35.9 Å². The second-order valence-corrected chi connectivity index (χ2v) is 8.07. The highest BCUT2D eigenvalue weighted by molar-refractivity contribution is 5.43. The standard InChI is InChI=1S/C26H35N3O4/c1-5-32-19-23(30)17-28(15-16-31-4)18-25-21(3)27-29(22-9-7-6-8-10-22)26(25)33-24-13-11-20(2)12-14-24/h6-14,23,30H,5,15-19H2,1-4H3/t23-/m1/s1. The largest absolute Gasteiger partial charge is 0.439 e. The van der Waals surface area contributed by atoms with Gasteiger partial charge in [0.15, 0.2) is 0 Å².